The topological polar surface area (TPSA) is 49.7 Å². The Morgan fingerprint density at radius 2 is 2.00 bits per heavy atom. The van der Waals surface area contributed by atoms with E-state index in [2.05, 4.69) is 0 Å². The summed E-state index contributed by atoms with van der Waals surface area (Å²) < 4.78 is 5.29. The molecule has 2 unspecified atom stereocenters. The molecule has 13 heavy (non-hydrogen) atoms. The van der Waals surface area contributed by atoms with E-state index in [4.69, 9.17) is 9.63 Å². The van der Waals surface area contributed by atoms with Crippen molar-refractivity contribution in [1.29, 1.82) is 0 Å². The number of aliphatic hydroxyl groups is 2. The molecule has 3 nitrogen and oxygen atoms in total. The van der Waals surface area contributed by atoms with Crippen molar-refractivity contribution in [3.63, 3.8) is 0 Å². The Hall–Kier alpha value is -0.630. The van der Waals surface area contributed by atoms with Crippen LogP contribution in [0.1, 0.15) is 6.42 Å². The van der Waals surface area contributed by atoms with E-state index >= 15 is 0 Å². The van der Waals surface area contributed by atoms with E-state index in [-0.39, 0.29) is 15.4 Å². The maximum absolute atomic E-state index is 9.24. The minimum absolute atomic E-state index is 0.00762. The molecule has 0 radical (unpaired) electrons. The Morgan fingerprint density at radius 3 is 2.62 bits per heavy atom. The molecule has 4 heteroatoms. The van der Waals surface area contributed by atoms with Gasteiger partial charge < -0.3 is 14.7 Å². The molecule has 1 rings (SSSR count). The third-order valence-electron chi connectivity index (χ3n) is 1.46. The van der Waals surface area contributed by atoms with Crippen LogP contribution in [0.25, 0.3) is 0 Å². The van der Waals surface area contributed by atoms with Crippen LogP contribution in [0.4, 0.5) is 0 Å². The lowest BCUT2D eigenvalue weighted by atomic mass is 10.3. The molecule has 0 heterocycles. The van der Waals surface area contributed by atoms with Gasteiger partial charge in [-0.25, -0.2) is 0 Å². The van der Waals surface area contributed by atoms with E-state index in [9.17, 15) is 5.11 Å². The number of aliphatic hydroxyl groups excluding tert-OH is 2. The summed E-state index contributed by atoms with van der Waals surface area (Å²) in [6.07, 6.45) is 0.366. The molecule has 0 saturated carbocycles. The van der Waals surface area contributed by atoms with Gasteiger partial charge in [-0.3, -0.25) is 0 Å². The van der Waals surface area contributed by atoms with E-state index in [0.29, 0.717) is 6.42 Å². The Balaban J connectivity index is 2.27. The van der Waals surface area contributed by atoms with Gasteiger partial charge in [-0.1, -0.05) is 18.2 Å². The van der Waals surface area contributed by atoms with Crippen molar-refractivity contribution >= 4 is 8.81 Å². The summed E-state index contributed by atoms with van der Waals surface area (Å²) in [7, 11) is -0.0142. The predicted octanol–water partition coefficient (Wildman–Crippen LogP) is 1.36. The molecule has 0 spiro atoms. The number of para-hydroxylation sites is 1. The third-order valence-corrected chi connectivity index (χ3v) is 2.37. The number of hydrogen-bond donors (Lipinski definition) is 2. The van der Waals surface area contributed by atoms with E-state index < -0.39 is 5.85 Å². The molecule has 72 valence electrons. The largest absolute Gasteiger partial charge is 0.475 e. The lowest BCUT2D eigenvalue weighted by Gasteiger charge is -2.09. The normalized spacial score (nSPS) is 13.4. The summed E-state index contributed by atoms with van der Waals surface area (Å²) in [6, 6.07) is 9.31. The third kappa shape index (κ3) is 4.23. The van der Waals surface area contributed by atoms with Gasteiger partial charge in [0.1, 0.15) is 20.4 Å². The smallest absolute Gasteiger partial charge is 0.123 e. The molecular weight excluding hydrogens is 187 g/mol. The van der Waals surface area contributed by atoms with Gasteiger partial charge in [-0.05, 0) is 12.1 Å². The number of rotatable bonds is 5. The molecule has 0 aliphatic rings. The first-order chi connectivity index (χ1) is 6.33. The first-order valence-electron chi connectivity index (χ1n) is 4.09. The van der Waals surface area contributed by atoms with Crippen molar-refractivity contribution in [1.82, 2.24) is 0 Å². The van der Waals surface area contributed by atoms with Gasteiger partial charge in [0, 0.05) is 13.0 Å². The highest BCUT2D eigenvalue weighted by Gasteiger charge is 2.03. The Labute approximate surface area is 79.2 Å². The second-order valence-electron chi connectivity index (χ2n) is 2.56. The van der Waals surface area contributed by atoms with Crippen LogP contribution in [0, 0.1) is 0 Å². The van der Waals surface area contributed by atoms with Gasteiger partial charge >= 0.3 is 0 Å². The van der Waals surface area contributed by atoms with Crippen LogP contribution in [0.3, 0.4) is 0 Å². The fourth-order valence-corrected chi connectivity index (χ4v) is 1.46. The maximum atomic E-state index is 9.24. The molecule has 0 aromatic heterocycles. The summed E-state index contributed by atoms with van der Waals surface area (Å²) in [5.41, 5.74) is 0. The van der Waals surface area contributed by atoms with E-state index in [0.717, 1.165) is 5.75 Å². The Bertz CT molecular complexity index is 228. The van der Waals surface area contributed by atoms with Gasteiger partial charge in [0.05, 0.1) is 0 Å². The molecule has 1 aromatic rings. The summed E-state index contributed by atoms with van der Waals surface area (Å²) in [4.78, 5) is 0. The average Bonchev–Trinajstić information content (AvgIpc) is 2.17. The zero-order valence-corrected chi connectivity index (χ0v) is 8.18. The second kappa shape index (κ2) is 5.92. The highest BCUT2D eigenvalue weighted by Crippen LogP contribution is 2.24. The highest BCUT2D eigenvalue weighted by molar-refractivity contribution is 7.33. The molecule has 0 fully saturated rings. The van der Waals surface area contributed by atoms with Crippen LogP contribution in [0.15, 0.2) is 30.3 Å². The summed E-state index contributed by atoms with van der Waals surface area (Å²) >= 11 is 0. The van der Waals surface area contributed by atoms with Crippen LogP contribution in [0.5, 0.6) is 5.75 Å². The predicted molar refractivity (Wildman–Crippen MR) is 53.1 cm³/mol. The fraction of sp³-hybridized carbons (Fsp3) is 0.333. The summed E-state index contributed by atoms with van der Waals surface area (Å²) in [5.74, 6) is 0.183. The van der Waals surface area contributed by atoms with Gasteiger partial charge in [0.15, 0.2) is 0 Å². The van der Waals surface area contributed by atoms with Crippen LogP contribution in [-0.4, -0.2) is 22.7 Å². The van der Waals surface area contributed by atoms with Gasteiger partial charge in [0.2, 0.25) is 0 Å². The van der Waals surface area contributed by atoms with E-state index in [1.54, 1.807) is 0 Å². The van der Waals surface area contributed by atoms with Crippen LogP contribution in [-0.2, 0) is 0 Å². The number of benzene rings is 1. The van der Waals surface area contributed by atoms with Crippen molar-refractivity contribution in [2.24, 2.45) is 0 Å². The van der Waals surface area contributed by atoms with Crippen LogP contribution < -0.4 is 4.52 Å². The zero-order chi connectivity index (χ0) is 9.52. The van der Waals surface area contributed by atoms with E-state index in [1.807, 2.05) is 30.3 Å². The van der Waals surface area contributed by atoms with Crippen molar-refractivity contribution in [3.05, 3.63) is 30.3 Å². The van der Waals surface area contributed by atoms with Crippen LogP contribution >= 0.6 is 8.81 Å². The van der Waals surface area contributed by atoms with Crippen molar-refractivity contribution in [2.75, 3.05) is 6.61 Å². The minimum Gasteiger partial charge on any atom is -0.475 e. The van der Waals surface area contributed by atoms with Gasteiger partial charge in [-0.15, -0.1) is 0 Å². The molecule has 0 amide bonds. The molecule has 0 bridgehead atoms. The molecule has 2 atom stereocenters. The molecule has 2 N–H and O–H groups in total. The Kier molecular flexibility index (Phi) is 4.76. The average molecular weight is 200 g/mol. The van der Waals surface area contributed by atoms with Crippen molar-refractivity contribution in [3.8, 4) is 5.75 Å². The van der Waals surface area contributed by atoms with Crippen molar-refractivity contribution < 1.29 is 14.7 Å². The quantitative estimate of drug-likeness (QED) is 0.705. The van der Waals surface area contributed by atoms with Gasteiger partial charge in [-0.2, -0.15) is 0 Å². The molecular formula is C9H13O3P. The highest BCUT2D eigenvalue weighted by atomic mass is 31.1. The molecule has 0 aliphatic carbocycles. The lowest BCUT2D eigenvalue weighted by molar-refractivity contribution is 0.191. The maximum Gasteiger partial charge on any atom is 0.123 e. The van der Waals surface area contributed by atoms with Gasteiger partial charge in [0.25, 0.3) is 0 Å². The SMILES string of the molecule is OCCC(O)POc1ccccc1. The molecule has 0 aliphatic heterocycles. The molecule has 0 saturated heterocycles. The monoisotopic (exact) mass is 200 g/mol. The zero-order valence-electron chi connectivity index (χ0n) is 7.18. The first kappa shape index (κ1) is 10.5. The van der Waals surface area contributed by atoms with Crippen molar-refractivity contribution in [2.45, 2.75) is 12.3 Å². The number of hydrogen-bond acceptors (Lipinski definition) is 3. The lowest BCUT2D eigenvalue weighted by Crippen LogP contribution is -2.03. The summed E-state index contributed by atoms with van der Waals surface area (Å²) in [5, 5.41) is 17.8. The molecule has 1 aromatic carbocycles. The Morgan fingerprint density at radius 1 is 1.31 bits per heavy atom. The van der Waals surface area contributed by atoms with E-state index in [1.165, 1.54) is 0 Å². The minimum atomic E-state index is -0.565. The first-order valence-corrected chi connectivity index (χ1v) is 5.08. The summed E-state index contributed by atoms with van der Waals surface area (Å²) in [6.45, 7) is -0.00762. The second-order valence-corrected chi connectivity index (χ2v) is 3.67. The standard InChI is InChI=1S/C9H13O3P/c10-7-6-9(11)13-12-8-4-2-1-3-5-8/h1-5,9-11,13H,6-7H2. The van der Waals surface area contributed by atoms with Crippen LogP contribution in [0.2, 0.25) is 0 Å². The fourth-order valence-electron chi connectivity index (χ4n) is 0.806.